The molecule has 0 fully saturated rings. The van der Waals surface area contributed by atoms with E-state index in [0.29, 0.717) is 23.1 Å². The number of fused-ring (bicyclic) bond motifs is 2. The molecule has 0 saturated carbocycles. The second-order valence-corrected chi connectivity index (χ2v) is 8.28. The summed E-state index contributed by atoms with van der Waals surface area (Å²) in [7, 11) is 0. The SMILES string of the molecule is CCN1C(=O)c2cc(C#N)c(N=Nc3ccc4c(c3)CCCN4CCC#N)c(Br)c2C1=O. The monoisotopic (exact) mass is 490 g/mol. The van der Waals surface area contributed by atoms with Gasteiger partial charge in [-0.25, -0.2) is 0 Å². The lowest BCUT2D eigenvalue weighted by Crippen LogP contribution is -2.30. The van der Waals surface area contributed by atoms with Crippen LogP contribution in [0.3, 0.4) is 0 Å². The van der Waals surface area contributed by atoms with Crippen LogP contribution in [0.5, 0.6) is 0 Å². The highest BCUT2D eigenvalue weighted by molar-refractivity contribution is 9.10. The number of imide groups is 1. The summed E-state index contributed by atoms with van der Waals surface area (Å²) in [5.41, 5.74) is 3.66. The summed E-state index contributed by atoms with van der Waals surface area (Å²) in [5.74, 6) is -0.824. The van der Waals surface area contributed by atoms with E-state index in [4.69, 9.17) is 5.26 Å². The highest BCUT2D eigenvalue weighted by Crippen LogP contribution is 2.40. The average Bonchev–Trinajstić information content (AvgIpc) is 3.05. The number of rotatable bonds is 5. The molecular formula is C23H19BrN6O2. The van der Waals surface area contributed by atoms with Gasteiger partial charge in [-0.1, -0.05) is 0 Å². The first-order chi connectivity index (χ1) is 15.5. The lowest BCUT2D eigenvalue weighted by atomic mass is 10.0. The fourth-order valence-electron chi connectivity index (χ4n) is 4.11. The van der Waals surface area contributed by atoms with Crippen LogP contribution in [0.2, 0.25) is 0 Å². The molecule has 0 N–H and O–H groups in total. The number of nitriles is 2. The van der Waals surface area contributed by atoms with E-state index in [9.17, 15) is 14.9 Å². The van der Waals surface area contributed by atoms with Crippen LogP contribution in [0.25, 0.3) is 0 Å². The van der Waals surface area contributed by atoms with Crippen LogP contribution in [-0.2, 0) is 6.42 Å². The van der Waals surface area contributed by atoms with E-state index < -0.39 is 11.8 Å². The number of nitrogens with zero attached hydrogens (tertiary/aromatic N) is 6. The number of hydrogen-bond acceptors (Lipinski definition) is 7. The highest BCUT2D eigenvalue weighted by atomic mass is 79.9. The fourth-order valence-corrected chi connectivity index (χ4v) is 4.78. The van der Waals surface area contributed by atoms with Crippen molar-refractivity contribution in [2.75, 3.05) is 24.5 Å². The van der Waals surface area contributed by atoms with Gasteiger partial charge in [0.1, 0.15) is 11.8 Å². The quantitative estimate of drug-likeness (QED) is 0.431. The second-order valence-electron chi connectivity index (χ2n) is 7.49. The van der Waals surface area contributed by atoms with Crippen molar-refractivity contribution >= 4 is 44.8 Å². The van der Waals surface area contributed by atoms with E-state index >= 15 is 0 Å². The molecule has 0 radical (unpaired) electrons. The van der Waals surface area contributed by atoms with E-state index in [2.05, 4.69) is 37.1 Å². The number of carbonyl (C=O) groups excluding carboxylic acids is 2. The van der Waals surface area contributed by atoms with Crippen LogP contribution in [0, 0.1) is 22.7 Å². The van der Waals surface area contributed by atoms with Gasteiger partial charge in [-0.2, -0.15) is 15.6 Å². The molecule has 0 atom stereocenters. The molecular weight excluding hydrogens is 472 g/mol. The molecule has 160 valence electrons. The van der Waals surface area contributed by atoms with Gasteiger partial charge in [0.25, 0.3) is 11.8 Å². The molecule has 0 aliphatic carbocycles. The number of aryl methyl sites for hydroxylation is 1. The number of hydrogen-bond donors (Lipinski definition) is 0. The summed E-state index contributed by atoms with van der Waals surface area (Å²) in [6, 6.07) is 11.4. The summed E-state index contributed by atoms with van der Waals surface area (Å²) < 4.78 is 0.297. The Hall–Kier alpha value is -3.56. The van der Waals surface area contributed by atoms with Crippen LogP contribution in [0.4, 0.5) is 17.1 Å². The summed E-state index contributed by atoms with van der Waals surface area (Å²) in [5, 5.41) is 27.1. The van der Waals surface area contributed by atoms with E-state index in [1.165, 1.54) is 6.07 Å². The molecule has 2 aromatic carbocycles. The molecule has 2 heterocycles. The molecule has 2 aliphatic heterocycles. The first-order valence-electron chi connectivity index (χ1n) is 10.3. The van der Waals surface area contributed by atoms with E-state index in [0.717, 1.165) is 35.5 Å². The molecule has 4 rings (SSSR count). The minimum absolute atomic E-state index is 0.166. The van der Waals surface area contributed by atoms with Crippen molar-refractivity contribution in [3.8, 4) is 12.1 Å². The van der Waals surface area contributed by atoms with Gasteiger partial charge < -0.3 is 4.90 Å². The van der Waals surface area contributed by atoms with Crippen molar-refractivity contribution in [1.82, 2.24) is 4.90 Å². The third-order valence-corrected chi connectivity index (χ3v) is 6.42. The summed E-state index contributed by atoms with van der Waals surface area (Å²) >= 11 is 3.38. The zero-order valence-corrected chi connectivity index (χ0v) is 19.0. The molecule has 32 heavy (non-hydrogen) atoms. The molecule has 0 spiro atoms. The molecule has 2 aliphatic rings. The minimum atomic E-state index is -0.413. The van der Waals surface area contributed by atoms with Gasteiger partial charge in [-0.3, -0.25) is 14.5 Å². The van der Waals surface area contributed by atoms with Gasteiger partial charge in [-0.05, 0) is 65.5 Å². The Morgan fingerprint density at radius 3 is 2.69 bits per heavy atom. The number of amides is 2. The summed E-state index contributed by atoms with van der Waals surface area (Å²) in [6.45, 7) is 3.58. The summed E-state index contributed by atoms with van der Waals surface area (Å²) in [6.07, 6.45) is 2.39. The van der Waals surface area contributed by atoms with Gasteiger partial charge in [0.2, 0.25) is 0 Å². The second kappa shape index (κ2) is 8.89. The predicted molar refractivity (Wildman–Crippen MR) is 121 cm³/mol. The molecule has 2 amide bonds. The molecule has 8 nitrogen and oxygen atoms in total. The van der Waals surface area contributed by atoms with Crippen molar-refractivity contribution in [2.45, 2.75) is 26.2 Å². The predicted octanol–water partition coefficient (Wildman–Crippen LogP) is 5.02. The van der Waals surface area contributed by atoms with Crippen LogP contribution in [-0.4, -0.2) is 36.3 Å². The molecule has 2 aromatic rings. The van der Waals surface area contributed by atoms with E-state index in [1.54, 1.807) is 6.92 Å². The minimum Gasteiger partial charge on any atom is -0.370 e. The van der Waals surface area contributed by atoms with Gasteiger partial charge in [0.15, 0.2) is 0 Å². The van der Waals surface area contributed by atoms with Crippen molar-refractivity contribution in [3.05, 3.63) is 51.0 Å². The van der Waals surface area contributed by atoms with Crippen molar-refractivity contribution in [3.63, 3.8) is 0 Å². The number of halogens is 1. The van der Waals surface area contributed by atoms with Crippen molar-refractivity contribution < 1.29 is 9.59 Å². The molecule has 0 aromatic heterocycles. The molecule has 0 bridgehead atoms. The van der Waals surface area contributed by atoms with Gasteiger partial charge in [0, 0.05) is 25.3 Å². The first-order valence-corrected chi connectivity index (χ1v) is 11.1. The van der Waals surface area contributed by atoms with Crippen LogP contribution in [0.1, 0.15) is 51.6 Å². The van der Waals surface area contributed by atoms with Crippen LogP contribution in [0.15, 0.2) is 39.0 Å². The number of benzene rings is 2. The van der Waals surface area contributed by atoms with Gasteiger partial charge >= 0.3 is 0 Å². The maximum Gasteiger partial charge on any atom is 0.262 e. The van der Waals surface area contributed by atoms with E-state index in [1.807, 2.05) is 24.3 Å². The van der Waals surface area contributed by atoms with E-state index in [-0.39, 0.29) is 28.9 Å². The third kappa shape index (κ3) is 3.65. The standard InChI is InChI=1S/C23H19BrN6O2/c1-2-30-22(31)17-12-15(13-26)21(20(24)19(17)23(30)32)28-27-16-6-7-18-14(11-16)5-3-9-29(18)10-4-8-25/h6-7,11-12H,2-5,9-10H2,1H3. The largest absolute Gasteiger partial charge is 0.370 e. The Balaban J connectivity index is 1.69. The van der Waals surface area contributed by atoms with Gasteiger partial charge in [0.05, 0.1) is 39.3 Å². The number of carbonyl (C=O) groups is 2. The van der Waals surface area contributed by atoms with Crippen molar-refractivity contribution in [2.24, 2.45) is 10.2 Å². The Labute approximate surface area is 193 Å². The van der Waals surface area contributed by atoms with Crippen LogP contribution < -0.4 is 4.90 Å². The average molecular weight is 491 g/mol. The Morgan fingerprint density at radius 2 is 1.97 bits per heavy atom. The van der Waals surface area contributed by atoms with Gasteiger partial charge in [-0.15, -0.1) is 5.11 Å². The lowest BCUT2D eigenvalue weighted by molar-refractivity contribution is 0.0662. The normalized spacial score (nSPS) is 15.0. The van der Waals surface area contributed by atoms with Crippen molar-refractivity contribution in [1.29, 1.82) is 10.5 Å². The molecule has 9 heteroatoms. The summed E-state index contributed by atoms with van der Waals surface area (Å²) in [4.78, 5) is 28.5. The number of anilines is 1. The molecule has 0 unspecified atom stereocenters. The topological polar surface area (TPSA) is 113 Å². The number of azo groups is 1. The maximum absolute atomic E-state index is 12.6. The zero-order valence-electron chi connectivity index (χ0n) is 17.4. The Kier molecular flexibility index (Phi) is 6.02. The lowest BCUT2D eigenvalue weighted by Gasteiger charge is -2.30. The first kappa shape index (κ1) is 21.7. The molecule has 0 saturated heterocycles. The Bertz CT molecular complexity index is 1240. The maximum atomic E-state index is 12.6. The van der Waals surface area contributed by atoms with Crippen LogP contribution >= 0.6 is 15.9 Å². The fraction of sp³-hybridized carbons (Fsp3) is 0.304. The smallest absolute Gasteiger partial charge is 0.262 e. The highest BCUT2D eigenvalue weighted by Gasteiger charge is 2.38. The zero-order chi connectivity index (χ0) is 22.8. The third-order valence-electron chi connectivity index (χ3n) is 5.65. The Morgan fingerprint density at radius 1 is 1.16 bits per heavy atom.